The van der Waals surface area contributed by atoms with E-state index in [2.05, 4.69) is 15.0 Å². The first-order chi connectivity index (χ1) is 18.8. The van der Waals surface area contributed by atoms with Crippen molar-refractivity contribution in [1.29, 1.82) is 0 Å². The van der Waals surface area contributed by atoms with Gasteiger partial charge in [0.15, 0.2) is 0 Å². The first kappa shape index (κ1) is 25.7. The third kappa shape index (κ3) is 5.38. The maximum absolute atomic E-state index is 13.7. The second-order valence-electron chi connectivity index (χ2n) is 9.20. The summed E-state index contributed by atoms with van der Waals surface area (Å²) in [4.78, 5) is 35.1. The number of aromatic amines is 2. The van der Waals surface area contributed by atoms with E-state index < -0.39 is 22.9 Å². The SMILES string of the molecule is CC(=NCCc1c(C)[nH]c2ccc(OCc3ccccc3)cc12)c1c(O)n(-c2cccc(F)c2)c(=O)[nH]c1=O. The van der Waals surface area contributed by atoms with Gasteiger partial charge in [0.2, 0.25) is 5.88 Å². The van der Waals surface area contributed by atoms with Crippen LogP contribution in [0.15, 0.2) is 87.4 Å². The number of hydrogen-bond donors (Lipinski definition) is 3. The lowest BCUT2D eigenvalue weighted by molar-refractivity contribution is 0.306. The summed E-state index contributed by atoms with van der Waals surface area (Å²) < 4.78 is 20.6. The lowest BCUT2D eigenvalue weighted by atomic mass is 10.1. The molecular weight excluding hydrogens is 499 g/mol. The number of aromatic nitrogens is 3. The van der Waals surface area contributed by atoms with Crippen molar-refractivity contribution in [1.82, 2.24) is 14.5 Å². The molecule has 0 spiro atoms. The zero-order valence-corrected chi connectivity index (χ0v) is 21.5. The van der Waals surface area contributed by atoms with Crippen LogP contribution < -0.4 is 16.0 Å². The normalized spacial score (nSPS) is 11.7. The standard InChI is InChI=1S/C30H27FN4O4/c1-18-24(25-16-23(11-12-26(25)33-18)39-17-20-7-4-3-5-8-20)13-14-32-19(2)27-28(36)34-30(38)35(29(27)37)22-10-6-9-21(31)15-22/h3-12,15-16,33,37H,13-14,17H2,1-2H3,(H,34,36,38). The summed E-state index contributed by atoms with van der Waals surface area (Å²) in [6.45, 7) is 4.36. The lowest BCUT2D eigenvalue weighted by Crippen LogP contribution is -2.32. The van der Waals surface area contributed by atoms with E-state index in [1.54, 1.807) is 6.92 Å². The van der Waals surface area contributed by atoms with Crippen LogP contribution in [0.25, 0.3) is 16.6 Å². The fourth-order valence-corrected chi connectivity index (χ4v) is 4.63. The van der Waals surface area contributed by atoms with Crippen molar-refractivity contribution in [3.63, 3.8) is 0 Å². The van der Waals surface area contributed by atoms with Crippen LogP contribution in [0, 0.1) is 12.7 Å². The van der Waals surface area contributed by atoms with Gasteiger partial charge in [-0.1, -0.05) is 36.4 Å². The van der Waals surface area contributed by atoms with E-state index in [0.29, 0.717) is 19.6 Å². The van der Waals surface area contributed by atoms with Gasteiger partial charge in [-0.05, 0) is 67.8 Å². The van der Waals surface area contributed by atoms with Crippen molar-refractivity contribution in [2.24, 2.45) is 4.99 Å². The number of aromatic hydroxyl groups is 1. The zero-order valence-electron chi connectivity index (χ0n) is 21.5. The molecule has 0 fully saturated rings. The Balaban J connectivity index is 1.39. The Kier molecular flexibility index (Phi) is 7.14. The van der Waals surface area contributed by atoms with E-state index in [-0.39, 0.29) is 17.0 Å². The third-order valence-electron chi connectivity index (χ3n) is 6.56. The Bertz CT molecular complexity index is 1800. The van der Waals surface area contributed by atoms with Gasteiger partial charge in [-0.3, -0.25) is 14.8 Å². The molecule has 0 saturated heterocycles. The van der Waals surface area contributed by atoms with Crippen LogP contribution >= 0.6 is 0 Å². The zero-order chi connectivity index (χ0) is 27.5. The average molecular weight is 527 g/mol. The van der Waals surface area contributed by atoms with Crippen molar-refractivity contribution >= 4 is 16.6 Å². The van der Waals surface area contributed by atoms with Gasteiger partial charge in [0.1, 0.15) is 23.7 Å². The topological polar surface area (TPSA) is 112 Å². The van der Waals surface area contributed by atoms with Crippen molar-refractivity contribution in [3.8, 4) is 17.3 Å². The van der Waals surface area contributed by atoms with Gasteiger partial charge in [0.25, 0.3) is 5.56 Å². The molecule has 0 saturated carbocycles. The van der Waals surface area contributed by atoms with E-state index in [4.69, 9.17) is 4.74 Å². The van der Waals surface area contributed by atoms with Crippen molar-refractivity contribution in [2.75, 3.05) is 6.54 Å². The quantitative estimate of drug-likeness (QED) is 0.252. The van der Waals surface area contributed by atoms with E-state index in [9.17, 15) is 19.1 Å². The molecule has 0 aliphatic rings. The number of aryl methyl sites for hydroxylation is 1. The number of nitrogens with zero attached hydrogens (tertiary/aromatic N) is 2. The molecule has 2 aromatic heterocycles. The van der Waals surface area contributed by atoms with Crippen molar-refractivity contribution in [3.05, 3.63) is 122 Å². The molecule has 3 aromatic carbocycles. The first-order valence-electron chi connectivity index (χ1n) is 12.5. The minimum Gasteiger partial charge on any atom is -0.493 e. The summed E-state index contributed by atoms with van der Waals surface area (Å²) in [5, 5.41) is 11.8. The number of benzene rings is 3. The highest BCUT2D eigenvalue weighted by Crippen LogP contribution is 2.27. The van der Waals surface area contributed by atoms with Crippen LogP contribution in [0.1, 0.15) is 29.3 Å². The summed E-state index contributed by atoms with van der Waals surface area (Å²) >= 11 is 0. The minimum absolute atomic E-state index is 0.0857. The maximum atomic E-state index is 13.7. The van der Waals surface area contributed by atoms with Crippen LogP contribution in [0.4, 0.5) is 4.39 Å². The molecule has 0 aliphatic carbocycles. The summed E-state index contributed by atoms with van der Waals surface area (Å²) in [5.41, 5.74) is 2.67. The van der Waals surface area contributed by atoms with Crippen molar-refractivity contribution in [2.45, 2.75) is 26.9 Å². The Morgan fingerprint density at radius 3 is 2.59 bits per heavy atom. The third-order valence-corrected chi connectivity index (χ3v) is 6.56. The second kappa shape index (κ2) is 10.8. The Morgan fingerprint density at radius 1 is 1.03 bits per heavy atom. The molecule has 0 amide bonds. The highest BCUT2D eigenvalue weighted by molar-refractivity contribution is 6.00. The molecule has 5 aromatic rings. The Morgan fingerprint density at radius 2 is 1.82 bits per heavy atom. The van der Waals surface area contributed by atoms with E-state index in [0.717, 1.165) is 44.1 Å². The molecule has 9 heteroatoms. The summed E-state index contributed by atoms with van der Waals surface area (Å²) in [6, 6.07) is 21.0. The number of H-pyrrole nitrogens is 2. The number of rotatable bonds is 8. The molecule has 2 heterocycles. The molecular formula is C30H27FN4O4. The smallest absolute Gasteiger partial charge is 0.335 e. The monoisotopic (exact) mass is 526 g/mol. The maximum Gasteiger partial charge on any atom is 0.335 e. The highest BCUT2D eigenvalue weighted by Gasteiger charge is 2.18. The number of nitrogens with one attached hydrogen (secondary N) is 2. The second-order valence-corrected chi connectivity index (χ2v) is 9.20. The molecule has 5 rings (SSSR count). The summed E-state index contributed by atoms with van der Waals surface area (Å²) in [5.74, 6) is -0.430. The molecule has 0 bridgehead atoms. The number of aliphatic imine (C=N–C) groups is 1. The highest BCUT2D eigenvalue weighted by atomic mass is 19.1. The molecule has 0 atom stereocenters. The van der Waals surface area contributed by atoms with Gasteiger partial charge in [-0.2, -0.15) is 0 Å². The first-order valence-corrected chi connectivity index (χ1v) is 12.5. The van der Waals surface area contributed by atoms with Gasteiger partial charge in [-0.25, -0.2) is 13.8 Å². The van der Waals surface area contributed by atoms with Crippen LogP contribution in [0.2, 0.25) is 0 Å². The van der Waals surface area contributed by atoms with E-state index in [1.165, 1.54) is 18.2 Å². The fourth-order valence-electron chi connectivity index (χ4n) is 4.63. The van der Waals surface area contributed by atoms with Gasteiger partial charge >= 0.3 is 5.69 Å². The van der Waals surface area contributed by atoms with Crippen molar-refractivity contribution < 1.29 is 14.2 Å². The van der Waals surface area contributed by atoms with E-state index >= 15 is 0 Å². The molecule has 0 radical (unpaired) electrons. The predicted molar refractivity (Wildman–Crippen MR) is 149 cm³/mol. The number of halogens is 1. The van der Waals surface area contributed by atoms with Gasteiger partial charge in [-0.15, -0.1) is 0 Å². The summed E-state index contributed by atoms with van der Waals surface area (Å²) in [6.07, 6.45) is 0.563. The number of ether oxygens (including phenoxy) is 1. The predicted octanol–water partition coefficient (Wildman–Crippen LogP) is 4.79. The number of fused-ring (bicyclic) bond motifs is 1. The fraction of sp³-hybridized carbons (Fsp3) is 0.167. The Labute approximate surface area is 223 Å². The Hall–Kier alpha value is -4.92. The molecule has 198 valence electrons. The van der Waals surface area contributed by atoms with Crippen LogP contribution in [0.3, 0.4) is 0 Å². The van der Waals surface area contributed by atoms with Crippen LogP contribution in [-0.4, -0.2) is 31.9 Å². The van der Waals surface area contributed by atoms with Crippen LogP contribution in [0.5, 0.6) is 11.6 Å². The minimum atomic E-state index is -0.876. The van der Waals surface area contributed by atoms with Crippen LogP contribution in [-0.2, 0) is 13.0 Å². The van der Waals surface area contributed by atoms with Gasteiger partial charge in [0, 0.05) is 28.9 Å². The average Bonchev–Trinajstić information content (AvgIpc) is 3.22. The lowest BCUT2D eigenvalue weighted by Gasteiger charge is -2.11. The molecule has 3 N–H and O–H groups in total. The molecule has 0 aliphatic heterocycles. The molecule has 0 unspecified atom stereocenters. The molecule has 39 heavy (non-hydrogen) atoms. The van der Waals surface area contributed by atoms with Gasteiger partial charge < -0.3 is 14.8 Å². The largest absolute Gasteiger partial charge is 0.493 e. The summed E-state index contributed by atoms with van der Waals surface area (Å²) in [7, 11) is 0. The van der Waals surface area contributed by atoms with Gasteiger partial charge in [0.05, 0.1) is 5.69 Å². The molecule has 8 nitrogen and oxygen atoms in total. The number of hydrogen-bond acceptors (Lipinski definition) is 5. The van der Waals surface area contributed by atoms with E-state index in [1.807, 2.05) is 55.5 Å².